The van der Waals surface area contributed by atoms with E-state index in [4.69, 9.17) is 5.11 Å². The summed E-state index contributed by atoms with van der Waals surface area (Å²) in [5.74, 6) is -0.629. The van der Waals surface area contributed by atoms with E-state index in [-0.39, 0.29) is 12.2 Å². The van der Waals surface area contributed by atoms with Gasteiger partial charge in [0.2, 0.25) is 5.95 Å². The van der Waals surface area contributed by atoms with E-state index in [2.05, 4.69) is 9.97 Å². The summed E-state index contributed by atoms with van der Waals surface area (Å²) in [6.07, 6.45) is 4.73. The number of aromatic nitrogens is 2. The zero-order valence-corrected chi connectivity index (χ0v) is 7.89. The van der Waals surface area contributed by atoms with Crippen LogP contribution in [0.15, 0.2) is 36.8 Å². The largest absolute Gasteiger partial charge is 0.392 e. The van der Waals surface area contributed by atoms with Crippen LogP contribution in [-0.4, -0.2) is 15.1 Å². The number of aliphatic hydroxyl groups excluding tert-OH is 1. The number of hydrogen-bond acceptors (Lipinski definition) is 3. The summed E-state index contributed by atoms with van der Waals surface area (Å²) in [4.78, 5) is 7.47. The highest BCUT2D eigenvalue weighted by molar-refractivity contribution is 5.62. The first-order valence-corrected chi connectivity index (χ1v) is 4.47. The molecule has 2 aromatic heterocycles. The van der Waals surface area contributed by atoms with Crippen LogP contribution < -0.4 is 0 Å². The Kier molecular flexibility index (Phi) is 2.69. The maximum absolute atomic E-state index is 13.0. The van der Waals surface area contributed by atoms with Gasteiger partial charge in [-0.25, -0.2) is 4.98 Å². The van der Waals surface area contributed by atoms with Crippen LogP contribution in [0.4, 0.5) is 4.39 Å². The second-order valence-electron chi connectivity index (χ2n) is 3.07. The molecule has 76 valence electrons. The van der Waals surface area contributed by atoms with Crippen LogP contribution in [0.1, 0.15) is 5.56 Å². The van der Waals surface area contributed by atoms with Gasteiger partial charge in [-0.3, -0.25) is 4.98 Å². The predicted octanol–water partition coefficient (Wildman–Crippen LogP) is 1.77. The van der Waals surface area contributed by atoms with Crippen molar-refractivity contribution in [2.75, 3.05) is 0 Å². The molecule has 2 rings (SSSR count). The lowest BCUT2D eigenvalue weighted by atomic mass is 10.1. The third kappa shape index (κ3) is 1.99. The fourth-order valence-corrected chi connectivity index (χ4v) is 1.31. The van der Waals surface area contributed by atoms with Crippen LogP contribution in [0.2, 0.25) is 0 Å². The van der Waals surface area contributed by atoms with Gasteiger partial charge in [0, 0.05) is 29.7 Å². The van der Waals surface area contributed by atoms with Crippen LogP contribution in [0, 0.1) is 5.95 Å². The first-order valence-electron chi connectivity index (χ1n) is 4.47. The van der Waals surface area contributed by atoms with Crippen LogP contribution in [0.3, 0.4) is 0 Å². The molecule has 4 heteroatoms. The van der Waals surface area contributed by atoms with Gasteiger partial charge in [0.05, 0.1) is 6.61 Å². The molecule has 3 nitrogen and oxygen atoms in total. The number of nitrogens with zero attached hydrogens (tertiary/aromatic N) is 2. The topological polar surface area (TPSA) is 46.0 Å². The highest BCUT2D eigenvalue weighted by Crippen LogP contribution is 2.19. The average molecular weight is 204 g/mol. The molecule has 0 unspecified atom stereocenters. The minimum absolute atomic E-state index is 0.198. The molecule has 0 radical (unpaired) electrons. The summed E-state index contributed by atoms with van der Waals surface area (Å²) >= 11 is 0. The molecule has 0 atom stereocenters. The Hall–Kier alpha value is -1.81. The molecule has 0 saturated carbocycles. The Morgan fingerprint density at radius 1 is 1.20 bits per heavy atom. The lowest BCUT2D eigenvalue weighted by molar-refractivity contribution is 0.274. The molecule has 2 aromatic rings. The van der Waals surface area contributed by atoms with Crippen LogP contribution >= 0.6 is 0 Å². The minimum atomic E-state index is -0.629. The van der Waals surface area contributed by atoms with Crippen molar-refractivity contribution in [1.82, 2.24) is 9.97 Å². The molecule has 0 aliphatic carbocycles. The van der Waals surface area contributed by atoms with Crippen molar-refractivity contribution in [2.24, 2.45) is 0 Å². The van der Waals surface area contributed by atoms with E-state index >= 15 is 0 Å². The number of hydrogen-bond donors (Lipinski definition) is 1. The Bertz CT molecular complexity index is 459. The van der Waals surface area contributed by atoms with Crippen molar-refractivity contribution in [1.29, 1.82) is 0 Å². The number of pyridine rings is 2. The molecular weight excluding hydrogens is 195 g/mol. The maximum atomic E-state index is 13.0. The van der Waals surface area contributed by atoms with E-state index in [9.17, 15) is 4.39 Å². The number of halogens is 1. The van der Waals surface area contributed by atoms with Gasteiger partial charge in [-0.15, -0.1) is 0 Å². The number of rotatable bonds is 2. The Labute approximate surface area is 86.3 Å². The fraction of sp³-hybridized carbons (Fsp3) is 0.0909. The molecule has 0 aromatic carbocycles. The summed E-state index contributed by atoms with van der Waals surface area (Å²) in [5, 5.41) is 8.90. The SMILES string of the molecule is OCc1cc(-c2ccncc2)cnc1F. The van der Waals surface area contributed by atoms with Crippen molar-refractivity contribution < 1.29 is 9.50 Å². The van der Waals surface area contributed by atoms with Gasteiger partial charge < -0.3 is 5.11 Å². The van der Waals surface area contributed by atoms with E-state index in [0.717, 1.165) is 11.1 Å². The van der Waals surface area contributed by atoms with Crippen molar-refractivity contribution in [3.05, 3.63) is 48.3 Å². The molecular formula is C11H9FN2O. The van der Waals surface area contributed by atoms with Gasteiger partial charge in [-0.05, 0) is 23.8 Å². The molecule has 0 saturated heterocycles. The highest BCUT2D eigenvalue weighted by Gasteiger charge is 2.05. The predicted molar refractivity (Wildman–Crippen MR) is 53.3 cm³/mol. The molecule has 15 heavy (non-hydrogen) atoms. The summed E-state index contributed by atoms with van der Waals surface area (Å²) in [6, 6.07) is 5.18. The van der Waals surface area contributed by atoms with Gasteiger partial charge in [0.25, 0.3) is 0 Å². The molecule has 0 aliphatic heterocycles. The minimum Gasteiger partial charge on any atom is -0.392 e. The van der Waals surface area contributed by atoms with Crippen LogP contribution in [-0.2, 0) is 6.61 Å². The van der Waals surface area contributed by atoms with Crippen LogP contribution in [0.25, 0.3) is 11.1 Å². The van der Waals surface area contributed by atoms with Gasteiger partial charge >= 0.3 is 0 Å². The number of aliphatic hydroxyl groups is 1. The van der Waals surface area contributed by atoms with Gasteiger partial charge in [-0.2, -0.15) is 4.39 Å². The zero-order valence-electron chi connectivity index (χ0n) is 7.89. The van der Waals surface area contributed by atoms with E-state index in [1.54, 1.807) is 30.6 Å². The summed E-state index contributed by atoms with van der Waals surface area (Å²) in [5.41, 5.74) is 1.86. The Morgan fingerprint density at radius 3 is 2.60 bits per heavy atom. The van der Waals surface area contributed by atoms with E-state index in [1.807, 2.05) is 0 Å². The summed E-state index contributed by atoms with van der Waals surface area (Å²) in [7, 11) is 0. The molecule has 0 bridgehead atoms. The molecule has 0 fully saturated rings. The zero-order chi connectivity index (χ0) is 10.7. The molecule has 0 spiro atoms. The van der Waals surface area contributed by atoms with Crippen molar-refractivity contribution >= 4 is 0 Å². The van der Waals surface area contributed by atoms with Crippen molar-refractivity contribution in [3.63, 3.8) is 0 Å². The fourth-order valence-electron chi connectivity index (χ4n) is 1.31. The second-order valence-corrected chi connectivity index (χ2v) is 3.07. The highest BCUT2D eigenvalue weighted by atomic mass is 19.1. The van der Waals surface area contributed by atoms with Gasteiger partial charge in [-0.1, -0.05) is 0 Å². The quantitative estimate of drug-likeness (QED) is 0.758. The molecule has 2 heterocycles. The Morgan fingerprint density at radius 2 is 1.93 bits per heavy atom. The third-order valence-electron chi connectivity index (χ3n) is 2.10. The third-order valence-corrected chi connectivity index (χ3v) is 2.10. The Balaban J connectivity index is 2.46. The van der Waals surface area contributed by atoms with E-state index < -0.39 is 5.95 Å². The van der Waals surface area contributed by atoms with Gasteiger partial charge in [0.15, 0.2) is 0 Å². The normalized spacial score (nSPS) is 10.3. The maximum Gasteiger partial charge on any atom is 0.218 e. The van der Waals surface area contributed by atoms with Crippen LogP contribution in [0.5, 0.6) is 0 Å². The standard InChI is InChI=1S/C11H9FN2O/c12-11-10(7-15)5-9(6-14-11)8-1-3-13-4-2-8/h1-6,15H,7H2. The summed E-state index contributed by atoms with van der Waals surface area (Å²) < 4.78 is 13.0. The smallest absolute Gasteiger partial charge is 0.218 e. The van der Waals surface area contributed by atoms with Gasteiger partial charge in [0.1, 0.15) is 0 Å². The van der Waals surface area contributed by atoms with Crippen molar-refractivity contribution in [2.45, 2.75) is 6.61 Å². The first-order chi connectivity index (χ1) is 7.31. The average Bonchev–Trinajstić information content (AvgIpc) is 2.31. The molecule has 0 amide bonds. The van der Waals surface area contributed by atoms with E-state index in [1.165, 1.54) is 6.20 Å². The lowest BCUT2D eigenvalue weighted by Gasteiger charge is -2.03. The van der Waals surface area contributed by atoms with Crippen molar-refractivity contribution in [3.8, 4) is 11.1 Å². The lowest BCUT2D eigenvalue weighted by Crippen LogP contribution is -1.94. The van der Waals surface area contributed by atoms with E-state index in [0.29, 0.717) is 0 Å². The monoisotopic (exact) mass is 204 g/mol. The summed E-state index contributed by atoms with van der Waals surface area (Å²) in [6.45, 7) is -0.349. The molecule has 1 N–H and O–H groups in total. The second kappa shape index (κ2) is 4.14. The first kappa shape index (κ1) is 9.73. The molecule has 0 aliphatic rings.